The second kappa shape index (κ2) is 6.52. The number of hydrogen-bond donors (Lipinski definition) is 2. The van der Waals surface area contributed by atoms with E-state index in [0.29, 0.717) is 5.13 Å². The lowest BCUT2D eigenvalue weighted by Crippen LogP contribution is -2.18. The Morgan fingerprint density at radius 2 is 1.83 bits per heavy atom. The van der Waals surface area contributed by atoms with Crippen LogP contribution in [0.2, 0.25) is 0 Å². The van der Waals surface area contributed by atoms with E-state index in [2.05, 4.69) is 48.5 Å². The number of benzene rings is 1. The van der Waals surface area contributed by atoms with Crippen molar-refractivity contribution in [1.29, 1.82) is 0 Å². The van der Waals surface area contributed by atoms with Crippen LogP contribution in [-0.2, 0) is 0 Å². The van der Waals surface area contributed by atoms with Crippen molar-refractivity contribution in [2.24, 2.45) is 0 Å². The number of aryl methyl sites for hydroxylation is 3. The largest absolute Gasteiger partial charge is 0.326 e. The van der Waals surface area contributed by atoms with Crippen LogP contribution >= 0.6 is 22.7 Å². The van der Waals surface area contributed by atoms with E-state index in [9.17, 15) is 4.79 Å². The minimum atomic E-state index is -0.272. The second-order valence-electron chi connectivity index (χ2n) is 5.37. The number of rotatable bonds is 3. The predicted octanol–water partition coefficient (Wildman–Crippen LogP) is 5.44. The van der Waals surface area contributed by atoms with Crippen LogP contribution < -0.4 is 10.6 Å². The Morgan fingerprint density at radius 3 is 2.48 bits per heavy atom. The van der Waals surface area contributed by atoms with E-state index >= 15 is 0 Å². The summed E-state index contributed by atoms with van der Waals surface area (Å²) in [5.74, 6) is 0. The number of anilines is 2. The van der Waals surface area contributed by atoms with Crippen molar-refractivity contribution < 1.29 is 4.79 Å². The summed E-state index contributed by atoms with van der Waals surface area (Å²) >= 11 is 2.91. The van der Waals surface area contributed by atoms with Gasteiger partial charge in [0.1, 0.15) is 0 Å². The Morgan fingerprint density at radius 1 is 1.09 bits per heavy atom. The molecule has 2 N–H and O–H groups in total. The van der Waals surface area contributed by atoms with E-state index in [-0.39, 0.29) is 6.03 Å². The van der Waals surface area contributed by atoms with Crippen LogP contribution in [0, 0.1) is 20.8 Å². The van der Waals surface area contributed by atoms with Gasteiger partial charge < -0.3 is 0 Å². The lowest BCUT2D eigenvalue weighted by molar-refractivity contribution is 0.262. The monoisotopic (exact) mass is 343 g/mol. The Kier molecular flexibility index (Phi) is 4.45. The van der Waals surface area contributed by atoms with Gasteiger partial charge >= 0.3 is 6.03 Å². The fourth-order valence-corrected chi connectivity index (χ4v) is 3.93. The second-order valence-corrected chi connectivity index (χ2v) is 7.17. The van der Waals surface area contributed by atoms with E-state index in [4.69, 9.17) is 0 Å². The van der Waals surface area contributed by atoms with E-state index in [0.717, 1.165) is 16.3 Å². The molecule has 0 aliphatic heterocycles. The molecule has 0 radical (unpaired) electrons. The third-order valence-corrected chi connectivity index (χ3v) is 4.96. The van der Waals surface area contributed by atoms with Crippen LogP contribution in [0.4, 0.5) is 14.9 Å². The van der Waals surface area contributed by atoms with Crippen LogP contribution in [-0.4, -0.2) is 11.0 Å². The number of nitrogens with zero attached hydrogens (tertiary/aromatic N) is 1. The first kappa shape index (κ1) is 15.7. The maximum atomic E-state index is 12.0. The summed E-state index contributed by atoms with van der Waals surface area (Å²) in [6.07, 6.45) is 0. The highest BCUT2D eigenvalue weighted by Gasteiger charge is 2.12. The van der Waals surface area contributed by atoms with Crippen LogP contribution in [0.3, 0.4) is 0 Å². The van der Waals surface area contributed by atoms with Gasteiger partial charge in [-0.1, -0.05) is 17.7 Å². The first-order valence-corrected chi connectivity index (χ1v) is 8.94. The number of aromatic nitrogens is 1. The minimum absolute atomic E-state index is 0.272. The molecule has 0 saturated carbocycles. The molecule has 118 valence electrons. The van der Waals surface area contributed by atoms with E-state index in [1.807, 2.05) is 22.9 Å². The fourth-order valence-electron chi connectivity index (χ4n) is 2.62. The number of thiophene rings is 1. The highest BCUT2D eigenvalue weighted by Crippen LogP contribution is 2.31. The van der Waals surface area contributed by atoms with Crippen molar-refractivity contribution in [3.63, 3.8) is 0 Å². The molecular weight excluding hydrogens is 326 g/mol. The number of thiazole rings is 1. The maximum absolute atomic E-state index is 12.0. The summed E-state index contributed by atoms with van der Waals surface area (Å²) in [5, 5.41) is 10.9. The molecule has 0 saturated heterocycles. The van der Waals surface area contributed by atoms with Crippen LogP contribution in [0.1, 0.15) is 16.7 Å². The zero-order chi connectivity index (χ0) is 16.4. The van der Waals surface area contributed by atoms with Crippen molar-refractivity contribution in [3.05, 3.63) is 51.7 Å². The molecule has 0 atom stereocenters. The first-order valence-electron chi connectivity index (χ1n) is 7.18. The summed E-state index contributed by atoms with van der Waals surface area (Å²) in [7, 11) is 0. The SMILES string of the molecule is Cc1cc(C)c(-c2csc(NC(=O)Nc3cccs3)n2)c(C)c1. The van der Waals surface area contributed by atoms with Gasteiger partial charge in [-0.2, -0.15) is 0 Å². The molecule has 3 rings (SSSR count). The molecule has 0 fully saturated rings. The van der Waals surface area contributed by atoms with Gasteiger partial charge in [0.15, 0.2) is 5.13 Å². The highest BCUT2D eigenvalue weighted by atomic mass is 32.1. The summed E-state index contributed by atoms with van der Waals surface area (Å²) < 4.78 is 0. The van der Waals surface area contributed by atoms with E-state index in [1.165, 1.54) is 39.4 Å². The molecule has 0 unspecified atom stereocenters. The molecule has 0 bridgehead atoms. The number of carbonyl (C=O) groups is 1. The van der Waals surface area contributed by atoms with Gasteiger partial charge in [-0.15, -0.1) is 22.7 Å². The average molecular weight is 343 g/mol. The van der Waals surface area contributed by atoms with Gasteiger partial charge in [0.2, 0.25) is 0 Å². The Balaban J connectivity index is 1.77. The Bertz CT molecular complexity index is 814. The zero-order valence-corrected chi connectivity index (χ0v) is 14.8. The van der Waals surface area contributed by atoms with Gasteiger partial charge in [-0.3, -0.25) is 10.6 Å². The topological polar surface area (TPSA) is 54.0 Å². The predicted molar refractivity (Wildman–Crippen MR) is 98.7 cm³/mol. The molecular formula is C17H17N3OS2. The van der Waals surface area contributed by atoms with Crippen LogP contribution in [0.25, 0.3) is 11.3 Å². The van der Waals surface area contributed by atoms with E-state index < -0.39 is 0 Å². The van der Waals surface area contributed by atoms with Crippen molar-refractivity contribution >= 4 is 38.8 Å². The lowest BCUT2D eigenvalue weighted by Gasteiger charge is -2.08. The van der Waals surface area contributed by atoms with Crippen molar-refractivity contribution in [1.82, 2.24) is 4.98 Å². The highest BCUT2D eigenvalue weighted by molar-refractivity contribution is 7.14. The van der Waals surface area contributed by atoms with Crippen molar-refractivity contribution in [3.8, 4) is 11.3 Å². The van der Waals surface area contributed by atoms with Gasteiger partial charge in [-0.05, 0) is 49.4 Å². The summed E-state index contributed by atoms with van der Waals surface area (Å²) in [5.41, 5.74) is 5.67. The molecule has 23 heavy (non-hydrogen) atoms. The quantitative estimate of drug-likeness (QED) is 0.665. The normalized spacial score (nSPS) is 10.6. The molecule has 1 aromatic carbocycles. The number of hydrogen-bond acceptors (Lipinski definition) is 4. The number of nitrogens with one attached hydrogen (secondary N) is 2. The molecule has 0 aliphatic carbocycles. The van der Waals surface area contributed by atoms with E-state index in [1.54, 1.807) is 0 Å². The standard InChI is InChI=1S/C17H17N3OS2/c1-10-7-11(2)15(12(3)8-10)13-9-23-17(18-13)20-16(21)19-14-5-4-6-22-14/h4-9H,1-3H3,(H2,18,19,20,21). The summed E-state index contributed by atoms with van der Waals surface area (Å²) in [6.45, 7) is 6.27. The third-order valence-electron chi connectivity index (χ3n) is 3.42. The zero-order valence-electron chi connectivity index (χ0n) is 13.1. The third kappa shape index (κ3) is 3.60. The average Bonchev–Trinajstić information content (AvgIpc) is 3.10. The number of urea groups is 1. The van der Waals surface area contributed by atoms with Crippen LogP contribution in [0.15, 0.2) is 35.0 Å². The Hall–Kier alpha value is -2.18. The first-order chi connectivity index (χ1) is 11.0. The minimum Gasteiger partial charge on any atom is -0.299 e. The number of carbonyl (C=O) groups excluding carboxylic acids is 1. The molecule has 2 aromatic heterocycles. The van der Waals surface area contributed by atoms with Gasteiger partial charge in [-0.25, -0.2) is 9.78 Å². The van der Waals surface area contributed by atoms with Gasteiger partial charge in [0.25, 0.3) is 0 Å². The van der Waals surface area contributed by atoms with Gasteiger partial charge in [0.05, 0.1) is 10.7 Å². The smallest absolute Gasteiger partial charge is 0.299 e. The molecule has 0 aliphatic rings. The molecule has 2 amide bonds. The van der Waals surface area contributed by atoms with Crippen molar-refractivity contribution in [2.75, 3.05) is 10.6 Å². The fraction of sp³-hybridized carbons (Fsp3) is 0.176. The maximum Gasteiger partial charge on any atom is 0.326 e. The van der Waals surface area contributed by atoms with Crippen molar-refractivity contribution in [2.45, 2.75) is 20.8 Å². The molecule has 2 heterocycles. The summed E-state index contributed by atoms with van der Waals surface area (Å²) in [6, 6.07) is 7.78. The lowest BCUT2D eigenvalue weighted by atomic mass is 9.98. The molecule has 4 nitrogen and oxygen atoms in total. The Labute approximate surface area is 143 Å². The van der Waals surface area contributed by atoms with Gasteiger partial charge in [0, 0.05) is 10.9 Å². The molecule has 0 spiro atoms. The molecule has 3 aromatic rings. The summed E-state index contributed by atoms with van der Waals surface area (Å²) in [4.78, 5) is 16.5. The molecule has 6 heteroatoms. The number of amides is 2. The van der Waals surface area contributed by atoms with Crippen LogP contribution in [0.5, 0.6) is 0 Å².